The quantitative estimate of drug-likeness (QED) is 0.340. The summed E-state index contributed by atoms with van der Waals surface area (Å²) in [6.07, 6.45) is 2.43. The third-order valence-electron chi connectivity index (χ3n) is 2.05. The molecule has 1 rings (SSSR count). The largest absolute Gasteiger partial charge is 0.483 e. The van der Waals surface area contributed by atoms with Gasteiger partial charge in [0.2, 0.25) is 0 Å². The second-order valence-corrected chi connectivity index (χ2v) is 3.69. The molecule has 0 aliphatic heterocycles. The van der Waals surface area contributed by atoms with Crippen LogP contribution in [0.3, 0.4) is 0 Å². The van der Waals surface area contributed by atoms with E-state index in [0.717, 1.165) is 5.57 Å². The van der Waals surface area contributed by atoms with Crippen molar-refractivity contribution in [1.29, 1.82) is 0 Å². The van der Waals surface area contributed by atoms with E-state index in [-0.39, 0.29) is 18.0 Å². The predicted octanol–water partition coefficient (Wildman–Crippen LogP) is 2.75. The minimum absolute atomic E-state index is 0.108. The molecule has 5 nitrogen and oxygen atoms in total. The fraction of sp³-hybridized carbons (Fsp3) is 0.250. The van der Waals surface area contributed by atoms with E-state index in [4.69, 9.17) is 4.74 Å². The summed E-state index contributed by atoms with van der Waals surface area (Å²) in [4.78, 5) is 20.8. The molecule has 17 heavy (non-hydrogen) atoms. The highest BCUT2D eigenvalue weighted by Crippen LogP contribution is 2.27. The summed E-state index contributed by atoms with van der Waals surface area (Å²) in [5.74, 6) is 0.108. The predicted molar refractivity (Wildman–Crippen MR) is 63.4 cm³/mol. The molecule has 0 fully saturated rings. The van der Waals surface area contributed by atoms with E-state index in [0.29, 0.717) is 11.8 Å². The topological polar surface area (TPSA) is 69.4 Å². The van der Waals surface area contributed by atoms with E-state index in [1.54, 1.807) is 6.08 Å². The van der Waals surface area contributed by atoms with Crippen molar-refractivity contribution in [3.63, 3.8) is 0 Å². The van der Waals surface area contributed by atoms with Crippen LogP contribution in [0.15, 0.2) is 29.8 Å². The highest BCUT2D eigenvalue weighted by atomic mass is 16.6. The van der Waals surface area contributed by atoms with Crippen molar-refractivity contribution in [2.24, 2.45) is 0 Å². The molecule has 0 amide bonds. The summed E-state index contributed by atoms with van der Waals surface area (Å²) in [5.41, 5.74) is 1.26. The normalized spacial score (nSPS) is 9.53. The summed E-state index contributed by atoms with van der Waals surface area (Å²) in [6.45, 7) is 4.05. The molecule has 0 aromatic heterocycles. The van der Waals surface area contributed by atoms with Crippen LogP contribution in [0.2, 0.25) is 0 Å². The molecule has 1 aromatic rings. The maximum absolute atomic E-state index is 10.7. The van der Waals surface area contributed by atoms with Crippen LogP contribution in [0.5, 0.6) is 5.75 Å². The number of carbonyl (C=O) groups excluding carboxylic acids is 1. The van der Waals surface area contributed by atoms with Crippen molar-refractivity contribution in [2.75, 3.05) is 6.61 Å². The van der Waals surface area contributed by atoms with Gasteiger partial charge in [-0.25, -0.2) is 0 Å². The number of ether oxygens (including phenoxy) is 1. The van der Waals surface area contributed by atoms with Gasteiger partial charge in [-0.2, -0.15) is 0 Å². The zero-order chi connectivity index (χ0) is 12.8. The van der Waals surface area contributed by atoms with Gasteiger partial charge in [-0.1, -0.05) is 5.57 Å². The summed E-state index contributed by atoms with van der Waals surface area (Å²) in [6, 6.07) is 4.02. The first-order chi connectivity index (χ1) is 8.04. The van der Waals surface area contributed by atoms with E-state index >= 15 is 0 Å². The zero-order valence-electron chi connectivity index (χ0n) is 9.67. The molecule has 0 aliphatic carbocycles. The second kappa shape index (κ2) is 5.79. The van der Waals surface area contributed by atoms with Crippen molar-refractivity contribution < 1.29 is 14.5 Å². The Balaban J connectivity index is 2.97. The van der Waals surface area contributed by atoms with Crippen molar-refractivity contribution in [3.05, 3.63) is 45.5 Å². The Kier molecular flexibility index (Phi) is 4.39. The molecule has 0 N–H and O–H groups in total. The third kappa shape index (κ3) is 3.71. The highest BCUT2D eigenvalue weighted by molar-refractivity contribution is 5.76. The first-order valence-corrected chi connectivity index (χ1v) is 5.04. The van der Waals surface area contributed by atoms with E-state index in [9.17, 15) is 14.9 Å². The van der Waals surface area contributed by atoms with Crippen LogP contribution in [-0.2, 0) is 0 Å². The number of rotatable bonds is 5. The number of benzene rings is 1. The van der Waals surface area contributed by atoms with Gasteiger partial charge in [-0.3, -0.25) is 14.9 Å². The Morgan fingerprint density at radius 2 is 2.18 bits per heavy atom. The molecule has 1 aromatic carbocycles. The fourth-order valence-corrected chi connectivity index (χ4v) is 1.17. The van der Waals surface area contributed by atoms with Crippen LogP contribution in [0, 0.1) is 10.1 Å². The van der Waals surface area contributed by atoms with Gasteiger partial charge in [0.1, 0.15) is 12.9 Å². The Hall–Kier alpha value is -2.17. The van der Waals surface area contributed by atoms with E-state index in [1.165, 1.54) is 18.2 Å². The van der Waals surface area contributed by atoms with Gasteiger partial charge in [0.25, 0.3) is 0 Å². The monoisotopic (exact) mass is 235 g/mol. The second-order valence-electron chi connectivity index (χ2n) is 3.69. The first-order valence-electron chi connectivity index (χ1n) is 5.04. The van der Waals surface area contributed by atoms with E-state index in [1.807, 2.05) is 13.8 Å². The zero-order valence-corrected chi connectivity index (χ0v) is 9.67. The van der Waals surface area contributed by atoms with Gasteiger partial charge < -0.3 is 4.74 Å². The third-order valence-corrected chi connectivity index (χ3v) is 2.05. The van der Waals surface area contributed by atoms with Crippen LogP contribution in [0.1, 0.15) is 24.2 Å². The number of carbonyl (C=O) groups is 1. The van der Waals surface area contributed by atoms with Crippen LogP contribution < -0.4 is 4.74 Å². The summed E-state index contributed by atoms with van der Waals surface area (Å²) in [7, 11) is 0. The van der Waals surface area contributed by atoms with Crippen LogP contribution in [0.25, 0.3) is 0 Å². The van der Waals surface area contributed by atoms with Crippen LogP contribution in [-0.4, -0.2) is 17.8 Å². The number of allylic oxidation sites excluding steroid dienone is 1. The molecule has 90 valence electrons. The maximum Gasteiger partial charge on any atom is 0.310 e. The first kappa shape index (κ1) is 12.9. The molecule has 0 unspecified atom stereocenters. The average Bonchev–Trinajstić information content (AvgIpc) is 2.28. The van der Waals surface area contributed by atoms with Gasteiger partial charge in [0.15, 0.2) is 5.75 Å². The molecule has 0 radical (unpaired) electrons. The number of nitrogens with zero attached hydrogens (tertiary/aromatic N) is 1. The molecule has 0 aliphatic rings. The number of aldehydes is 1. The lowest BCUT2D eigenvalue weighted by atomic mass is 10.2. The molecule has 0 atom stereocenters. The summed E-state index contributed by atoms with van der Waals surface area (Å²) in [5, 5.41) is 10.7. The average molecular weight is 235 g/mol. The lowest BCUT2D eigenvalue weighted by Crippen LogP contribution is -1.99. The van der Waals surface area contributed by atoms with Gasteiger partial charge in [0.05, 0.1) is 4.92 Å². The lowest BCUT2D eigenvalue weighted by Gasteiger charge is -2.05. The smallest absolute Gasteiger partial charge is 0.310 e. The Morgan fingerprint density at radius 1 is 1.47 bits per heavy atom. The van der Waals surface area contributed by atoms with Crippen molar-refractivity contribution in [2.45, 2.75) is 13.8 Å². The Labute approximate surface area is 98.9 Å². The molecule has 5 heteroatoms. The van der Waals surface area contributed by atoms with Gasteiger partial charge in [-0.05, 0) is 32.1 Å². The lowest BCUT2D eigenvalue weighted by molar-refractivity contribution is -0.385. The van der Waals surface area contributed by atoms with Gasteiger partial charge >= 0.3 is 5.69 Å². The summed E-state index contributed by atoms with van der Waals surface area (Å²) >= 11 is 0. The standard InChI is InChI=1S/C12H13NO4/c1-9(2)5-6-17-12-7-10(8-14)3-4-11(12)13(15)16/h3-5,7-8H,6H2,1-2H3. The molecule has 0 saturated carbocycles. The molecule has 0 spiro atoms. The van der Waals surface area contributed by atoms with Crippen LogP contribution >= 0.6 is 0 Å². The molecular formula is C12H13NO4. The van der Waals surface area contributed by atoms with Crippen molar-refractivity contribution in [1.82, 2.24) is 0 Å². The molecular weight excluding hydrogens is 222 g/mol. The number of nitro groups is 1. The number of hydrogen-bond acceptors (Lipinski definition) is 4. The van der Waals surface area contributed by atoms with Crippen molar-refractivity contribution in [3.8, 4) is 5.75 Å². The highest BCUT2D eigenvalue weighted by Gasteiger charge is 2.15. The Bertz CT molecular complexity index is 462. The fourth-order valence-electron chi connectivity index (χ4n) is 1.17. The Morgan fingerprint density at radius 3 is 2.71 bits per heavy atom. The maximum atomic E-state index is 10.7. The van der Waals surface area contributed by atoms with Gasteiger partial charge in [-0.15, -0.1) is 0 Å². The number of nitro benzene ring substituents is 1. The minimum atomic E-state index is -0.535. The number of hydrogen-bond donors (Lipinski definition) is 0. The molecule has 0 bridgehead atoms. The van der Waals surface area contributed by atoms with E-state index in [2.05, 4.69) is 0 Å². The van der Waals surface area contributed by atoms with Crippen molar-refractivity contribution >= 4 is 12.0 Å². The van der Waals surface area contributed by atoms with Crippen LogP contribution in [0.4, 0.5) is 5.69 Å². The molecule has 0 saturated heterocycles. The van der Waals surface area contributed by atoms with Gasteiger partial charge in [0, 0.05) is 11.6 Å². The minimum Gasteiger partial charge on any atom is -0.483 e. The SMILES string of the molecule is CC(C)=CCOc1cc(C=O)ccc1[N+](=O)[O-]. The van der Waals surface area contributed by atoms with E-state index < -0.39 is 4.92 Å². The summed E-state index contributed by atoms with van der Waals surface area (Å²) < 4.78 is 5.27. The molecule has 0 heterocycles.